The second kappa shape index (κ2) is 10.4. The van der Waals surface area contributed by atoms with Crippen molar-refractivity contribution in [2.75, 3.05) is 13.6 Å². The molecule has 2 amide bonds. The number of carboxylic acid groups (broad SMARTS) is 1. The number of aliphatic carboxylic acids is 1. The van der Waals surface area contributed by atoms with Crippen LogP contribution in [0.25, 0.3) is 11.3 Å². The van der Waals surface area contributed by atoms with Gasteiger partial charge in [-0.25, -0.2) is 0 Å². The van der Waals surface area contributed by atoms with E-state index >= 15 is 0 Å². The zero-order chi connectivity index (χ0) is 25.3. The molecule has 1 saturated heterocycles. The van der Waals surface area contributed by atoms with Gasteiger partial charge in [-0.2, -0.15) is 0 Å². The van der Waals surface area contributed by atoms with Crippen molar-refractivity contribution in [2.24, 2.45) is 5.92 Å². The summed E-state index contributed by atoms with van der Waals surface area (Å²) in [6, 6.07) is 9.79. The molecule has 2 N–H and O–H groups in total. The third kappa shape index (κ3) is 5.38. The number of benzene rings is 1. The van der Waals surface area contributed by atoms with Gasteiger partial charge >= 0.3 is 5.97 Å². The fraction of sp³-hybridized carbons (Fsp3) is 0.500. The number of likely N-dealkylation sites (tertiary alicyclic amines) is 1. The highest BCUT2D eigenvalue weighted by molar-refractivity contribution is 6.30. The maximum absolute atomic E-state index is 13.2. The van der Waals surface area contributed by atoms with Gasteiger partial charge in [0.25, 0.3) is 5.91 Å². The Balaban J connectivity index is 1.40. The second-order valence-corrected chi connectivity index (χ2v) is 10.2. The van der Waals surface area contributed by atoms with Crippen molar-refractivity contribution >= 4 is 29.4 Å². The van der Waals surface area contributed by atoms with Gasteiger partial charge in [-0.1, -0.05) is 11.6 Å². The number of hydrogen-bond acceptors (Lipinski definition) is 5. The van der Waals surface area contributed by atoms with E-state index in [1.165, 1.54) is 0 Å². The molecule has 2 aliphatic rings. The van der Waals surface area contributed by atoms with Crippen molar-refractivity contribution in [1.29, 1.82) is 0 Å². The summed E-state index contributed by atoms with van der Waals surface area (Å²) < 4.78 is 5.70. The highest BCUT2D eigenvalue weighted by Gasteiger charge is 2.45. The zero-order valence-corrected chi connectivity index (χ0v) is 21.0. The number of carboxylic acids is 1. The summed E-state index contributed by atoms with van der Waals surface area (Å²) in [6.07, 6.45) is 2.42. The summed E-state index contributed by atoms with van der Waals surface area (Å²) >= 11 is 5.93. The molecule has 2 heterocycles. The molecule has 0 radical (unpaired) electrons. The van der Waals surface area contributed by atoms with E-state index in [9.17, 15) is 19.5 Å². The Labute approximate surface area is 210 Å². The van der Waals surface area contributed by atoms with Gasteiger partial charge in [-0.05, 0) is 83.0 Å². The number of nitrogens with one attached hydrogen (secondary N) is 1. The lowest BCUT2D eigenvalue weighted by atomic mass is 9.80. The molecule has 2 aromatic rings. The van der Waals surface area contributed by atoms with Crippen molar-refractivity contribution in [2.45, 2.75) is 63.7 Å². The molecule has 1 aromatic heterocycles. The molecule has 4 rings (SSSR count). The highest BCUT2D eigenvalue weighted by Crippen LogP contribution is 2.34. The molecule has 35 heavy (non-hydrogen) atoms. The number of furan rings is 1. The first-order valence-electron chi connectivity index (χ1n) is 12.1. The molecule has 2 fully saturated rings. The topological polar surface area (TPSA) is 103 Å². The summed E-state index contributed by atoms with van der Waals surface area (Å²) in [5.41, 5.74) is 0.787. The van der Waals surface area contributed by atoms with Crippen LogP contribution in [0.2, 0.25) is 5.02 Å². The van der Waals surface area contributed by atoms with Crippen LogP contribution in [-0.2, 0) is 9.59 Å². The minimum absolute atomic E-state index is 0.113. The highest BCUT2D eigenvalue weighted by atomic mass is 35.5. The number of halogens is 1. The van der Waals surface area contributed by atoms with Crippen molar-refractivity contribution in [3.05, 3.63) is 47.2 Å². The molecule has 8 nitrogen and oxygen atoms in total. The molecular formula is C26H32ClN3O5. The normalized spacial score (nSPS) is 24.9. The SMILES string of the molecule is CC(C)N(C)C1CCC(N2CCC(NC(=O)c3ccc(-c4ccc(Cl)cc4)o3)C2=O)C(C(=O)O)C1. The quantitative estimate of drug-likeness (QED) is 0.596. The molecule has 1 aromatic carbocycles. The molecule has 1 aliphatic heterocycles. The van der Waals surface area contributed by atoms with Crippen molar-refractivity contribution < 1.29 is 23.9 Å². The van der Waals surface area contributed by atoms with E-state index in [0.29, 0.717) is 42.6 Å². The van der Waals surface area contributed by atoms with Gasteiger partial charge in [0.15, 0.2) is 5.76 Å². The van der Waals surface area contributed by atoms with E-state index < -0.39 is 23.8 Å². The van der Waals surface area contributed by atoms with Gasteiger partial charge in [0.2, 0.25) is 5.91 Å². The van der Waals surface area contributed by atoms with Crippen LogP contribution in [0.4, 0.5) is 0 Å². The molecule has 0 spiro atoms. The van der Waals surface area contributed by atoms with Crippen molar-refractivity contribution in [3.8, 4) is 11.3 Å². The third-order valence-corrected chi connectivity index (χ3v) is 7.65. The van der Waals surface area contributed by atoms with Crippen LogP contribution in [0, 0.1) is 5.92 Å². The summed E-state index contributed by atoms with van der Waals surface area (Å²) in [5.74, 6) is -1.56. The Kier molecular flexibility index (Phi) is 7.52. The van der Waals surface area contributed by atoms with Crippen LogP contribution in [0.3, 0.4) is 0 Å². The number of amides is 2. The third-order valence-electron chi connectivity index (χ3n) is 7.40. The van der Waals surface area contributed by atoms with Crippen LogP contribution in [0.5, 0.6) is 0 Å². The van der Waals surface area contributed by atoms with Crippen LogP contribution >= 0.6 is 11.6 Å². The zero-order valence-electron chi connectivity index (χ0n) is 20.2. The maximum Gasteiger partial charge on any atom is 0.308 e. The lowest BCUT2D eigenvalue weighted by Crippen LogP contribution is -2.53. The minimum Gasteiger partial charge on any atom is -0.481 e. The van der Waals surface area contributed by atoms with E-state index in [0.717, 1.165) is 12.0 Å². The molecule has 188 valence electrons. The summed E-state index contributed by atoms with van der Waals surface area (Å²) in [7, 11) is 2.02. The minimum atomic E-state index is -0.873. The van der Waals surface area contributed by atoms with E-state index in [2.05, 4.69) is 24.1 Å². The smallest absolute Gasteiger partial charge is 0.308 e. The fourth-order valence-corrected chi connectivity index (χ4v) is 5.31. The second-order valence-electron chi connectivity index (χ2n) is 9.76. The van der Waals surface area contributed by atoms with Crippen molar-refractivity contribution in [1.82, 2.24) is 15.1 Å². The largest absolute Gasteiger partial charge is 0.481 e. The summed E-state index contributed by atoms with van der Waals surface area (Å²) in [5, 5.41) is 13.3. The number of carbonyl (C=O) groups excluding carboxylic acids is 2. The standard InChI is InChI=1S/C26H32ClN3O5/c1-15(2)29(3)18-8-9-21(19(14-18)26(33)34)30-13-12-20(25(30)32)28-24(31)23-11-10-22(35-23)16-4-6-17(27)7-5-16/h4-7,10-11,15,18-21H,8-9,12-14H2,1-3H3,(H,28,31)(H,33,34). The van der Waals surface area contributed by atoms with E-state index in [1.807, 2.05) is 7.05 Å². The predicted molar refractivity (Wildman–Crippen MR) is 132 cm³/mol. The van der Waals surface area contributed by atoms with Crippen molar-refractivity contribution in [3.63, 3.8) is 0 Å². The predicted octanol–water partition coefficient (Wildman–Crippen LogP) is 3.89. The first kappa shape index (κ1) is 25.3. The van der Waals surface area contributed by atoms with Gasteiger partial charge < -0.3 is 24.6 Å². The van der Waals surface area contributed by atoms with Gasteiger partial charge in [-0.3, -0.25) is 14.4 Å². The Morgan fingerprint density at radius 3 is 2.51 bits per heavy atom. The first-order chi connectivity index (χ1) is 16.7. The van der Waals surface area contributed by atoms with Crippen LogP contribution in [-0.4, -0.2) is 70.4 Å². The van der Waals surface area contributed by atoms with Gasteiger partial charge in [0.1, 0.15) is 11.8 Å². The molecule has 0 bridgehead atoms. The van der Waals surface area contributed by atoms with Gasteiger partial charge in [-0.15, -0.1) is 0 Å². The molecule has 4 unspecified atom stereocenters. The Bertz CT molecular complexity index is 1080. The van der Waals surface area contributed by atoms with Crippen LogP contribution in [0.15, 0.2) is 40.8 Å². The lowest BCUT2D eigenvalue weighted by Gasteiger charge is -2.43. The molecule has 9 heteroatoms. The Morgan fingerprint density at radius 2 is 1.86 bits per heavy atom. The number of carbonyl (C=O) groups is 3. The van der Waals surface area contributed by atoms with Crippen LogP contribution < -0.4 is 5.32 Å². The number of rotatable bonds is 7. The Morgan fingerprint density at radius 1 is 1.14 bits per heavy atom. The Hall–Kier alpha value is -2.84. The van der Waals surface area contributed by atoms with E-state index in [1.54, 1.807) is 41.3 Å². The lowest BCUT2D eigenvalue weighted by molar-refractivity contribution is -0.149. The van der Waals surface area contributed by atoms with E-state index in [-0.39, 0.29) is 23.8 Å². The average molecular weight is 502 g/mol. The molecule has 1 aliphatic carbocycles. The fourth-order valence-electron chi connectivity index (χ4n) is 5.19. The summed E-state index contributed by atoms with van der Waals surface area (Å²) in [4.78, 5) is 41.9. The number of hydrogen-bond donors (Lipinski definition) is 2. The first-order valence-corrected chi connectivity index (χ1v) is 12.5. The molecular weight excluding hydrogens is 470 g/mol. The van der Waals surface area contributed by atoms with Crippen LogP contribution in [0.1, 0.15) is 50.1 Å². The monoisotopic (exact) mass is 501 g/mol. The molecule has 1 saturated carbocycles. The summed E-state index contributed by atoms with van der Waals surface area (Å²) in [6.45, 7) is 4.62. The van der Waals surface area contributed by atoms with Gasteiger partial charge in [0, 0.05) is 35.3 Å². The maximum atomic E-state index is 13.2. The average Bonchev–Trinajstić information content (AvgIpc) is 3.46. The number of nitrogens with zero attached hydrogens (tertiary/aromatic N) is 2. The molecule has 4 atom stereocenters. The van der Waals surface area contributed by atoms with E-state index in [4.69, 9.17) is 16.0 Å². The van der Waals surface area contributed by atoms with Gasteiger partial charge in [0.05, 0.1) is 5.92 Å².